The number of halogens is 1. The molecule has 2 N–H and O–H groups in total. The van der Waals surface area contributed by atoms with Gasteiger partial charge in [-0.3, -0.25) is 10.1 Å². The van der Waals surface area contributed by atoms with Crippen LogP contribution in [-0.4, -0.2) is 43.2 Å². The summed E-state index contributed by atoms with van der Waals surface area (Å²) in [5.41, 5.74) is 7.58. The molecule has 1 aliphatic rings. The van der Waals surface area contributed by atoms with Crippen molar-refractivity contribution in [2.75, 3.05) is 18.0 Å². The Morgan fingerprint density at radius 1 is 0.865 bits per heavy atom. The molecule has 37 heavy (non-hydrogen) atoms. The third kappa shape index (κ3) is 3.91. The zero-order valence-electron chi connectivity index (χ0n) is 20.1. The largest absolute Gasteiger partial charge is 0.371 e. The van der Waals surface area contributed by atoms with Gasteiger partial charge in [0.2, 0.25) is 0 Å². The molecule has 0 spiro atoms. The van der Waals surface area contributed by atoms with Crippen LogP contribution in [-0.2, 0) is 0 Å². The second kappa shape index (κ2) is 8.81. The Morgan fingerprint density at radius 3 is 2.65 bits per heavy atom. The summed E-state index contributed by atoms with van der Waals surface area (Å²) in [6.45, 7) is 1.92. The van der Waals surface area contributed by atoms with Crippen molar-refractivity contribution in [3.63, 3.8) is 0 Å². The van der Waals surface area contributed by atoms with Crippen LogP contribution in [0.25, 0.3) is 55.8 Å². The summed E-state index contributed by atoms with van der Waals surface area (Å²) in [5.74, 6) is 0.419. The normalized spacial score (nSPS) is 14.0. The summed E-state index contributed by atoms with van der Waals surface area (Å²) in [7, 11) is 0. The fourth-order valence-electron chi connectivity index (χ4n) is 5.22. The van der Waals surface area contributed by atoms with Crippen LogP contribution in [0.2, 0.25) is 0 Å². The molecule has 1 fully saturated rings. The standard InChI is InChI=1S/C29H24FN7/c30-21-12-19(13-22(15-21)37-10-2-1-3-11-37)23-7-4-8-25-26(23)34-29(33-25)27-24-14-20(17-32-28(24)36-35-27)18-6-5-9-31-16-18/h4-9,12-17H,1-3,10-11H2,(H,33,34)(H,32,35,36). The predicted octanol–water partition coefficient (Wildman–Crippen LogP) is 6.36. The van der Waals surface area contributed by atoms with Crippen molar-refractivity contribution < 1.29 is 4.39 Å². The molecule has 0 aliphatic carbocycles. The van der Waals surface area contributed by atoms with Gasteiger partial charge in [-0.05, 0) is 61.2 Å². The molecule has 8 heteroatoms. The van der Waals surface area contributed by atoms with E-state index in [9.17, 15) is 4.39 Å². The van der Waals surface area contributed by atoms with Gasteiger partial charge in [-0.25, -0.2) is 14.4 Å². The van der Waals surface area contributed by atoms with Crippen molar-refractivity contribution in [1.29, 1.82) is 0 Å². The summed E-state index contributed by atoms with van der Waals surface area (Å²) < 4.78 is 14.8. The van der Waals surface area contributed by atoms with E-state index in [0.29, 0.717) is 11.5 Å². The van der Waals surface area contributed by atoms with Crippen molar-refractivity contribution in [2.24, 2.45) is 0 Å². The van der Waals surface area contributed by atoms with Gasteiger partial charge in [0.15, 0.2) is 11.5 Å². The highest BCUT2D eigenvalue weighted by Crippen LogP contribution is 2.34. The molecule has 5 heterocycles. The molecule has 0 radical (unpaired) electrons. The van der Waals surface area contributed by atoms with E-state index in [1.807, 2.05) is 42.6 Å². The Hall–Kier alpha value is -4.59. The first-order valence-corrected chi connectivity index (χ1v) is 12.5. The molecular formula is C29H24FN7. The molecule has 0 unspecified atom stereocenters. The van der Waals surface area contributed by atoms with E-state index in [0.717, 1.165) is 76.0 Å². The summed E-state index contributed by atoms with van der Waals surface area (Å²) in [5, 5.41) is 8.35. The highest BCUT2D eigenvalue weighted by atomic mass is 19.1. The van der Waals surface area contributed by atoms with Crippen LogP contribution in [0.4, 0.5) is 10.1 Å². The van der Waals surface area contributed by atoms with Gasteiger partial charge in [-0.15, -0.1) is 0 Å². The Bertz CT molecular complexity index is 1730. The third-order valence-corrected chi connectivity index (χ3v) is 7.07. The SMILES string of the molecule is Fc1cc(-c2cccc3[nH]c(-c4[nH]nc5ncc(-c6cccnc6)cc45)nc23)cc(N2CCCCC2)c1. The molecule has 0 atom stereocenters. The van der Waals surface area contributed by atoms with Gasteiger partial charge < -0.3 is 9.88 Å². The fraction of sp³-hybridized carbons (Fsp3) is 0.172. The molecule has 7 rings (SSSR count). The number of para-hydroxylation sites is 1. The molecule has 1 saturated heterocycles. The number of nitrogens with zero attached hydrogens (tertiary/aromatic N) is 5. The highest BCUT2D eigenvalue weighted by molar-refractivity contribution is 5.97. The molecule has 2 aromatic carbocycles. The van der Waals surface area contributed by atoms with Crippen molar-refractivity contribution in [1.82, 2.24) is 30.1 Å². The van der Waals surface area contributed by atoms with Crippen LogP contribution in [0, 0.1) is 5.82 Å². The second-order valence-electron chi connectivity index (χ2n) is 9.47. The zero-order chi connectivity index (χ0) is 24.8. The molecule has 7 nitrogen and oxygen atoms in total. The van der Waals surface area contributed by atoms with Crippen LogP contribution >= 0.6 is 0 Å². The Kier molecular flexibility index (Phi) is 5.16. The number of piperidine rings is 1. The number of aromatic nitrogens is 6. The van der Waals surface area contributed by atoms with Crippen molar-refractivity contribution in [3.8, 4) is 33.8 Å². The van der Waals surface area contributed by atoms with Crippen LogP contribution in [0.3, 0.4) is 0 Å². The fourth-order valence-corrected chi connectivity index (χ4v) is 5.22. The van der Waals surface area contributed by atoms with E-state index in [1.54, 1.807) is 24.5 Å². The van der Waals surface area contributed by atoms with Crippen molar-refractivity contribution in [2.45, 2.75) is 19.3 Å². The molecule has 4 aromatic heterocycles. The van der Waals surface area contributed by atoms with Gasteiger partial charge in [-0.1, -0.05) is 18.2 Å². The molecular weight excluding hydrogens is 465 g/mol. The van der Waals surface area contributed by atoms with Crippen LogP contribution < -0.4 is 4.90 Å². The van der Waals surface area contributed by atoms with E-state index < -0.39 is 0 Å². The summed E-state index contributed by atoms with van der Waals surface area (Å²) in [6.07, 6.45) is 8.87. The van der Waals surface area contributed by atoms with E-state index >= 15 is 0 Å². The van der Waals surface area contributed by atoms with Crippen LogP contribution in [0.15, 0.2) is 73.2 Å². The number of anilines is 1. The zero-order valence-corrected chi connectivity index (χ0v) is 20.1. The number of rotatable bonds is 4. The number of aromatic amines is 2. The minimum Gasteiger partial charge on any atom is -0.371 e. The van der Waals surface area contributed by atoms with E-state index in [-0.39, 0.29) is 5.82 Å². The quantitative estimate of drug-likeness (QED) is 0.301. The molecule has 6 aromatic rings. The first-order valence-electron chi connectivity index (χ1n) is 12.5. The number of hydrogen-bond acceptors (Lipinski definition) is 5. The number of benzene rings is 2. The Morgan fingerprint density at radius 2 is 1.78 bits per heavy atom. The van der Waals surface area contributed by atoms with E-state index in [4.69, 9.17) is 4.98 Å². The topological polar surface area (TPSA) is 86.4 Å². The van der Waals surface area contributed by atoms with E-state index in [1.165, 1.54) is 6.42 Å². The smallest absolute Gasteiger partial charge is 0.181 e. The minimum absolute atomic E-state index is 0.237. The van der Waals surface area contributed by atoms with E-state index in [2.05, 4.69) is 36.1 Å². The van der Waals surface area contributed by atoms with Gasteiger partial charge >= 0.3 is 0 Å². The molecule has 0 bridgehead atoms. The maximum atomic E-state index is 14.8. The average molecular weight is 490 g/mol. The van der Waals surface area contributed by atoms with Gasteiger partial charge in [0.1, 0.15) is 11.5 Å². The lowest BCUT2D eigenvalue weighted by Gasteiger charge is -2.29. The highest BCUT2D eigenvalue weighted by Gasteiger charge is 2.18. The van der Waals surface area contributed by atoms with Gasteiger partial charge in [0.05, 0.1) is 16.4 Å². The van der Waals surface area contributed by atoms with Gasteiger partial charge in [-0.2, -0.15) is 5.10 Å². The Balaban J connectivity index is 1.33. The van der Waals surface area contributed by atoms with Gasteiger partial charge in [0, 0.05) is 54.1 Å². The minimum atomic E-state index is -0.237. The number of nitrogens with one attached hydrogen (secondary N) is 2. The number of fused-ring (bicyclic) bond motifs is 2. The monoisotopic (exact) mass is 489 g/mol. The average Bonchev–Trinajstić information content (AvgIpc) is 3.57. The number of pyridine rings is 2. The molecule has 1 aliphatic heterocycles. The predicted molar refractivity (Wildman–Crippen MR) is 144 cm³/mol. The summed E-state index contributed by atoms with van der Waals surface area (Å²) in [4.78, 5) is 19.4. The molecule has 0 saturated carbocycles. The summed E-state index contributed by atoms with van der Waals surface area (Å²) >= 11 is 0. The van der Waals surface area contributed by atoms with Gasteiger partial charge in [0.25, 0.3) is 0 Å². The second-order valence-corrected chi connectivity index (χ2v) is 9.47. The lowest BCUT2D eigenvalue weighted by Crippen LogP contribution is -2.29. The lowest BCUT2D eigenvalue weighted by molar-refractivity contribution is 0.574. The first-order chi connectivity index (χ1) is 18.2. The maximum absolute atomic E-state index is 14.8. The van der Waals surface area contributed by atoms with Crippen molar-refractivity contribution >= 4 is 27.8 Å². The first kappa shape index (κ1) is 21.7. The molecule has 182 valence electrons. The van der Waals surface area contributed by atoms with Crippen LogP contribution in [0.1, 0.15) is 19.3 Å². The number of H-pyrrole nitrogens is 2. The number of imidazole rings is 1. The molecule has 0 amide bonds. The van der Waals surface area contributed by atoms with Crippen LogP contribution in [0.5, 0.6) is 0 Å². The number of hydrogen-bond donors (Lipinski definition) is 2. The Labute approximate surface area is 212 Å². The maximum Gasteiger partial charge on any atom is 0.181 e. The lowest BCUT2D eigenvalue weighted by atomic mass is 10.0. The summed E-state index contributed by atoms with van der Waals surface area (Å²) in [6, 6.07) is 17.2. The van der Waals surface area contributed by atoms with Crippen molar-refractivity contribution in [3.05, 3.63) is 79.0 Å². The third-order valence-electron chi connectivity index (χ3n) is 7.07.